The van der Waals surface area contributed by atoms with Crippen LogP contribution in [-0.4, -0.2) is 34.7 Å². The summed E-state index contributed by atoms with van der Waals surface area (Å²) in [6.07, 6.45) is 7.90. The number of hydrogen-bond donors (Lipinski definition) is 2. The third-order valence-corrected chi connectivity index (χ3v) is 8.13. The van der Waals surface area contributed by atoms with E-state index >= 15 is 0 Å². The van der Waals surface area contributed by atoms with Crippen LogP contribution in [0.4, 0.5) is 0 Å². The van der Waals surface area contributed by atoms with Crippen LogP contribution in [0.15, 0.2) is 34.3 Å². The van der Waals surface area contributed by atoms with Gasteiger partial charge in [0.05, 0.1) is 12.1 Å². The Hall–Kier alpha value is -1.33. The number of hydrogen-bond acceptors (Lipinski definition) is 4. The maximum Gasteiger partial charge on any atom is 4.00 e. The molecular weight excluding hydrogens is 611 g/mol. The van der Waals surface area contributed by atoms with E-state index in [2.05, 4.69) is 107 Å². The molecule has 43 heavy (non-hydrogen) atoms. The molecule has 0 aromatic heterocycles. The normalized spacial score (nSPS) is 18.2. The number of halogens is 2. The average Bonchev–Trinajstić information content (AvgIpc) is 2.80. The van der Waals surface area contributed by atoms with Gasteiger partial charge in [-0.25, -0.2) is 0 Å². The van der Waals surface area contributed by atoms with E-state index in [0.29, 0.717) is 11.5 Å². The van der Waals surface area contributed by atoms with Gasteiger partial charge in [-0.3, -0.25) is 9.98 Å². The van der Waals surface area contributed by atoms with Crippen LogP contribution in [0.2, 0.25) is 0 Å². The molecule has 2 aromatic rings. The van der Waals surface area contributed by atoms with Gasteiger partial charge in [0.2, 0.25) is 0 Å². The summed E-state index contributed by atoms with van der Waals surface area (Å²) in [4.78, 5) is 10.1. The first-order valence-corrected chi connectivity index (χ1v) is 15.0. The van der Waals surface area contributed by atoms with E-state index in [4.69, 9.17) is 9.98 Å². The first-order valence-electron chi connectivity index (χ1n) is 15.0. The van der Waals surface area contributed by atoms with Gasteiger partial charge >= 0.3 is 21.7 Å². The maximum atomic E-state index is 11.2. The Morgan fingerprint density at radius 1 is 0.558 bits per heavy atom. The van der Waals surface area contributed by atoms with Crippen molar-refractivity contribution in [2.45, 2.75) is 143 Å². The fourth-order valence-corrected chi connectivity index (χ4v) is 5.31. The maximum absolute atomic E-state index is 11.2. The van der Waals surface area contributed by atoms with E-state index < -0.39 is 0 Å². The van der Waals surface area contributed by atoms with Crippen LogP contribution in [0, 0.1) is 0 Å². The minimum Gasteiger partial charge on any atom is -1.00 e. The zero-order valence-electron chi connectivity index (χ0n) is 28.5. The Bertz CT molecular complexity index is 1180. The molecule has 0 radical (unpaired) electrons. The molecule has 0 heterocycles. The average molecular weight is 666 g/mol. The van der Waals surface area contributed by atoms with Crippen molar-refractivity contribution in [3.63, 3.8) is 0 Å². The smallest absolute Gasteiger partial charge is 1.00 e. The summed E-state index contributed by atoms with van der Waals surface area (Å²) in [5.41, 5.74) is 5.39. The molecule has 4 nitrogen and oxygen atoms in total. The molecule has 1 aliphatic rings. The summed E-state index contributed by atoms with van der Waals surface area (Å²) >= 11 is 0. The molecule has 7 heteroatoms. The van der Waals surface area contributed by atoms with Gasteiger partial charge in [-0.1, -0.05) is 108 Å². The molecule has 1 saturated carbocycles. The summed E-state index contributed by atoms with van der Waals surface area (Å²) in [5.74, 6) is 0.637. The van der Waals surface area contributed by atoms with Crippen molar-refractivity contribution in [1.29, 1.82) is 0 Å². The third-order valence-electron chi connectivity index (χ3n) is 8.13. The van der Waals surface area contributed by atoms with Gasteiger partial charge in [0, 0.05) is 34.7 Å². The fraction of sp³-hybridized carbons (Fsp3) is 0.611. The van der Waals surface area contributed by atoms with Crippen molar-refractivity contribution in [3.05, 3.63) is 57.6 Å². The molecule has 0 aliphatic heterocycles. The molecule has 236 valence electrons. The topological polar surface area (TPSA) is 65.2 Å². The predicted molar refractivity (Wildman–Crippen MR) is 172 cm³/mol. The molecule has 0 unspecified atom stereocenters. The van der Waals surface area contributed by atoms with Crippen LogP contribution in [0.3, 0.4) is 0 Å². The second kappa shape index (κ2) is 15.3. The quantitative estimate of drug-likeness (QED) is 0.390. The minimum atomic E-state index is -0.179. The molecule has 0 spiro atoms. The molecule has 2 atom stereocenters. The Balaban J connectivity index is 0.00000588. The van der Waals surface area contributed by atoms with Gasteiger partial charge in [0.25, 0.3) is 0 Å². The molecule has 2 aromatic carbocycles. The number of phenols is 2. The van der Waals surface area contributed by atoms with Crippen LogP contribution < -0.4 is 24.8 Å². The van der Waals surface area contributed by atoms with Crippen LogP contribution >= 0.6 is 0 Å². The van der Waals surface area contributed by atoms with E-state index in [-0.39, 0.29) is 80.3 Å². The fourth-order valence-electron chi connectivity index (χ4n) is 5.31. The van der Waals surface area contributed by atoms with Gasteiger partial charge < -0.3 is 35.0 Å². The van der Waals surface area contributed by atoms with Crippen molar-refractivity contribution < 1.29 is 56.7 Å². The van der Waals surface area contributed by atoms with Crippen LogP contribution in [0.5, 0.6) is 11.5 Å². The van der Waals surface area contributed by atoms with E-state index in [9.17, 15) is 10.2 Å². The van der Waals surface area contributed by atoms with Crippen molar-refractivity contribution in [2.24, 2.45) is 9.98 Å². The van der Waals surface area contributed by atoms with E-state index in [1.165, 1.54) is 11.1 Å². The van der Waals surface area contributed by atoms with Crippen LogP contribution in [0.1, 0.15) is 142 Å². The summed E-state index contributed by atoms with van der Waals surface area (Å²) in [7, 11) is 0. The SMILES string of the molecule is CC(C)(C)c1cc(C=N[C@H]2CCCC[C@@H]2N=Cc2cc(C(C)(C)C)cc(C(C)(C)C)c2O)c(O)c(C(C)(C)C)c1.[Cl-].[Cl-].[Ti+4]. The first-order chi connectivity index (χ1) is 18.2. The van der Waals surface area contributed by atoms with Gasteiger partial charge in [0.15, 0.2) is 0 Å². The Morgan fingerprint density at radius 2 is 0.860 bits per heavy atom. The third kappa shape index (κ3) is 10.6. The molecular formula is C36H54Cl2N2O2Ti+2. The monoisotopic (exact) mass is 664 g/mol. The van der Waals surface area contributed by atoms with E-state index in [1.54, 1.807) is 0 Å². The summed E-state index contributed by atoms with van der Waals surface area (Å²) < 4.78 is 0. The Labute approximate surface area is 289 Å². The van der Waals surface area contributed by atoms with Gasteiger partial charge in [-0.15, -0.1) is 0 Å². The number of aromatic hydroxyl groups is 2. The van der Waals surface area contributed by atoms with Crippen molar-refractivity contribution in [2.75, 3.05) is 0 Å². The standard InChI is InChI=1S/C36H54N2O2.2ClH.Ti/c1-33(2,3)25-17-23(31(39)27(19-25)35(7,8)9)21-37-29-15-13-14-16-30(29)38-22-24-18-26(34(4,5)6)20-28(32(24)40)36(10,11)12;;;/h17-22,29-30,39-40H,13-16H2,1-12H3;2*1H;/q;;;+4/p-2/t29-,30-;;;/m0.../s1. The number of phenolic OH excluding ortho intramolecular Hbond substituents is 2. The molecule has 1 aliphatic carbocycles. The van der Waals surface area contributed by atoms with Gasteiger partial charge in [-0.2, -0.15) is 0 Å². The molecule has 0 amide bonds. The van der Waals surface area contributed by atoms with Crippen molar-refractivity contribution in [3.8, 4) is 11.5 Å². The Morgan fingerprint density at radius 3 is 1.12 bits per heavy atom. The molecule has 0 bridgehead atoms. The summed E-state index contributed by atoms with van der Waals surface area (Å²) in [6.45, 7) is 26.0. The van der Waals surface area contributed by atoms with Crippen LogP contribution in [-0.2, 0) is 43.4 Å². The molecule has 1 fully saturated rings. The zero-order chi connectivity index (χ0) is 30.3. The summed E-state index contributed by atoms with van der Waals surface area (Å²) in [6, 6.07) is 8.53. The summed E-state index contributed by atoms with van der Waals surface area (Å²) in [5, 5.41) is 22.5. The second-order valence-corrected chi connectivity index (χ2v) is 15.9. The van der Waals surface area contributed by atoms with E-state index in [0.717, 1.165) is 47.9 Å². The number of rotatable bonds is 4. The minimum absolute atomic E-state index is 0. The number of benzene rings is 2. The largest absolute Gasteiger partial charge is 4.00 e. The van der Waals surface area contributed by atoms with Gasteiger partial charge in [0.1, 0.15) is 11.5 Å². The molecule has 2 N–H and O–H groups in total. The molecule has 3 rings (SSSR count). The second-order valence-electron chi connectivity index (χ2n) is 15.9. The van der Waals surface area contributed by atoms with Gasteiger partial charge in [-0.05, 0) is 57.8 Å². The van der Waals surface area contributed by atoms with Crippen molar-refractivity contribution in [1.82, 2.24) is 0 Å². The molecule has 0 saturated heterocycles. The van der Waals surface area contributed by atoms with Crippen molar-refractivity contribution >= 4 is 12.4 Å². The van der Waals surface area contributed by atoms with E-state index in [1.807, 2.05) is 12.4 Å². The van der Waals surface area contributed by atoms with Crippen LogP contribution in [0.25, 0.3) is 0 Å². The number of nitrogens with zero attached hydrogens (tertiary/aromatic N) is 2. The Kier molecular flexibility index (Phi) is 14.8. The first kappa shape index (κ1) is 41.7. The predicted octanol–water partition coefficient (Wildman–Crippen LogP) is 3.14. The zero-order valence-corrected chi connectivity index (χ0v) is 31.6. The number of aliphatic imine (C=N–C) groups is 2.